The highest BCUT2D eigenvalue weighted by molar-refractivity contribution is 9.11. The number of nitrogens with zero attached hydrogens (tertiary/aromatic N) is 2. The summed E-state index contributed by atoms with van der Waals surface area (Å²) in [6, 6.07) is 9.71. The zero-order valence-corrected chi connectivity index (χ0v) is 17.9. The Balaban J connectivity index is 2.72. The van der Waals surface area contributed by atoms with E-state index in [2.05, 4.69) is 34.4 Å². The van der Waals surface area contributed by atoms with Crippen LogP contribution >= 0.6 is 15.9 Å². The third-order valence-electron chi connectivity index (χ3n) is 3.54. The number of hydrogen-bond donors (Lipinski definition) is 0. The molecule has 4 nitrogen and oxygen atoms in total. The Bertz CT molecular complexity index is 666. The summed E-state index contributed by atoms with van der Waals surface area (Å²) >= 11 is 3.57. The van der Waals surface area contributed by atoms with Gasteiger partial charge in [-0.3, -0.25) is 0 Å². The third kappa shape index (κ3) is 8.39. The first-order chi connectivity index (χ1) is 12.3. The molecule has 0 saturated heterocycles. The minimum atomic E-state index is -0.0841. The van der Waals surface area contributed by atoms with Crippen molar-refractivity contribution in [3.63, 3.8) is 0 Å². The highest BCUT2D eigenvalue weighted by Crippen LogP contribution is 2.21. The maximum atomic E-state index is 5.93. The Labute approximate surface area is 166 Å². The Morgan fingerprint density at radius 2 is 1.96 bits per heavy atom. The lowest BCUT2D eigenvalue weighted by atomic mass is 10.2. The lowest BCUT2D eigenvalue weighted by molar-refractivity contribution is 0.0827. The van der Waals surface area contributed by atoms with Gasteiger partial charge in [0.05, 0.1) is 16.5 Å². The van der Waals surface area contributed by atoms with Crippen molar-refractivity contribution in [2.75, 3.05) is 20.2 Å². The van der Waals surface area contributed by atoms with E-state index in [-0.39, 0.29) is 6.10 Å². The summed E-state index contributed by atoms with van der Waals surface area (Å²) in [5.74, 6) is 1.61. The van der Waals surface area contributed by atoms with Crippen molar-refractivity contribution in [1.29, 1.82) is 0 Å². The molecule has 0 fully saturated rings. The van der Waals surface area contributed by atoms with E-state index in [4.69, 9.17) is 9.47 Å². The Hall–Kier alpha value is -2.01. The van der Waals surface area contributed by atoms with Gasteiger partial charge in [-0.2, -0.15) is 0 Å². The van der Waals surface area contributed by atoms with Crippen molar-refractivity contribution in [1.82, 2.24) is 4.90 Å². The van der Waals surface area contributed by atoms with E-state index < -0.39 is 0 Å². The van der Waals surface area contributed by atoms with Crippen LogP contribution in [0.2, 0.25) is 0 Å². The van der Waals surface area contributed by atoms with Crippen LogP contribution in [0.4, 0.5) is 0 Å². The summed E-state index contributed by atoms with van der Waals surface area (Å²) in [5, 5.41) is 0. The van der Waals surface area contributed by atoms with E-state index in [1.165, 1.54) is 0 Å². The molecule has 0 radical (unpaired) electrons. The summed E-state index contributed by atoms with van der Waals surface area (Å²) in [6.45, 7) is 13.3. The van der Waals surface area contributed by atoms with Crippen LogP contribution in [0, 0.1) is 0 Å². The van der Waals surface area contributed by atoms with Crippen LogP contribution in [0.1, 0.15) is 27.7 Å². The molecule has 142 valence electrons. The third-order valence-corrected chi connectivity index (χ3v) is 4.32. The van der Waals surface area contributed by atoms with Gasteiger partial charge in [-0.25, -0.2) is 4.99 Å². The number of allylic oxidation sites excluding steroid dienone is 4. The molecule has 0 bridgehead atoms. The number of rotatable bonds is 10. The van der Waals surface area contributed by atoms with Crippen LogP contribution in [0.3, 0.4) is 0 Å². The van der Waals surface area contributed by atoms with Gasteiger partial charge >= 0.3 is 0 Å². The largest absolute Gasteiger partial charge is 0.491 e. The van der Waals surface area contributed by atoms with Crippen LogP contribution < -0.4 is 4.74 Å². The first-order valence-electron chi connectivity index (χ1n) is 8.66. The van der Waals surface area contributed by atoms with Crippen molar-refractivity contribution in [2.24, 2.45) is 4.99 Å². The molecular weight excluding hydrogens is 392 g/mol. The maximum absolute atomic E-state index is 5.93. The zero-order valence-electron chi connectivity index (χ0n) is 16.3. The first-order valence-corrected chi connectivity index (χ1v) is 9.45. The molecule has 0 N–H and O–H groups in total. The first kappa shape index (κ1) is 22.0. The lowest BCUT2D eigenvalue weighted by Crippen LogP contribution is -2.17. The summed E-state index contributed by atoms with van der Waals surface area (Å²) in [7, 11) is 1.98. The number of halogens is 1. The van der Waals surface area contributed by atoms with Crippen LogP contribution in [-0.4, -0.2) is 37.5 Å². The fourth-order valence-electron chi connectivity index (χ4n) is 1.86. The van der Waals surface area contributed by atoms with Gasteiger partial charge in [-0.1, -0.05) is 24.8 Å². The van der Waals surface area contributed by atoms with Crippen molar-refractivity contribution in [3.05, 3.63) is 64.5 Å². The maximum Gasteiger partial charge on any atom is 0.129 e. The normalized spacial score (nSPS) is 14.0. The van der Waals surface area contributed by atoms with Crippen LogP contribution in [0.15, 0.2) is 69.5 Å². The number of ether oxygens (including phenoxy) is 2. The minimum absolute atomic E-state index is 0.0841. The lowest BCUT2D eigenvalue weighted by Gasteiger charge is -2.17. The summed E-state index contributed by atoms with van der Waals surface area (Å²) in [5.41, 5.74) is 1.68. The molecule has 1 atom stereocenters. The van der Waals surface area contributed by atoms with Gasteiger partial charge in [-0.05, 0) is 67.4 Å². The Morgan fingerprint density at radius 1 is 1.31 bits per heavy atom. The van der Waals surface area contributed by atoms with Crippen molar-refractivity contribution in [2.45, 2.75) is 33.8 Å². The highest BCUT2D eigenvalue weighted by Gasteiger charge is 2.08. The standard InChI is InChI=1S/C21H29BrN2O2/c1-7-24(6)15-23-21(16(2)3)13-20(22)18(5)26-17(4)14-25-19-11-9-8-10-12-19/h8-13,15,17H,2,7,14H2,1,3-6H3/b20-18-,21-13+,23-15+. The molecule has 1 aromatic carbocycles. The number of aliphatic imine (C=N–C) groups is 1. The van der Waals surface area contributed by atoms with Crippen molar-refractivity contribution < 1.29 is 9.47 Å². The van der Waals surface area contributed by atoms with Gasteiger partial charge < -0.3 is 14.4 Å². The summed E-state index contributed by atoms with van der Waals surface area (Å²) < 4.78 is 12.5. The molecule has 1 rings (SSSR count). The second kappa shape index (κ2) is 11.6. The van der Waals surface area contributed by atoms with Gasteiger partial charge in [0.25, 0.3) is 0 Å². The van der Waals surface area contributed by atoms with Crippen molar-refractivity contribution >= 4 is 22.3 Å². The molecule has 0 aliphatic rings. The predicted octanol–water partition coefficient (Wildman–Crippen LogP) is 5.54. The molecule has 0 spiro atoms. The average Bonchev–Trinajstić information content (AvgIpc) is 2.63. The molecule has 26 heavy (non-hydrogen) atoms. The number of hydrogen-bond acceptors (Lipinski definition) is 3. The second-order valence-electron chi connectivity index (χ2n) is 6.08. The van der Waals surface area contributed by atoms with Gasteiger partial charge in [0, 0.05) is 13.6 Å². The summed E-state index contributed by atoms with van der Waals surface area (Å²) in [4.78, 5) is 6.49. The monoisotopic (exact) mass is 420 g/mol. The van der Waals surface area contributed by atoms with E-state index in [1.54, 1.807) is 6.34 Å². The topological polar surface area (TPSA) is 34.1 Å². The van der Waals surface area contributed by atoms with Crippen LogP contribution in [0.25, 0.3) is 0 Å². The molecule has 0 heterocycles. The van der Waals surface area contributed by atoms with Gasteiger partial charge in [0.1, 0.15) is 24.2 Å². The van der Waals surface area contributed by atoms with Gasteiger partial charge in [0.15, 0.2) is 0 Å². The highest BCUT2D eigenvalue weighted by atomic mass is 79.9. The molecule has 0 aromatic heterocycles. The molecule has 0 aliphatic carbocycles. The van der Waals surface area contributed by atoms with Gasteiger partial charge in [-0.15, -0.1) is 0 Å². The van der Waals surface area contributed by atoms with Crippen LogP contribution in [-0.2, 0) is 4.74 Å². The number of para-hydroxylation sites is 1. The molecule has 0 saturated carbocycles. The Morgan fingerprint density at radius 3 is 2.54 bits per heavy atom. The quantitative estimate of drug-likeness (QED) is 0.215. The molecule has 1 unspecified atom stereocenters. The second-order valence-corrected chi connectivity index (χ2v) is 6.94. The van der Waals surface area contributed by atoms with Gasteiger partial charge in [0.2, 0.25) is 0 Å². The summed E-state index contributed by atoms with van der Waals surface area (Å²) in [6.07, 6.45) is 3.63. The fourth-order valence-corrected chi connectivity index (χ4v) is 2.17. The van der Waals surface area contributed by atoms with Crippen molar-refractivity contribution in [3.8, 4) is 5.75 Å². The average molecular weight is 421 g/mol. The predicted molar refractivity (Wildman–Crippen MR) is 114 cm³/mol. The molecule has 5 heteroatoms. The molecule has 1 aromatic rings. The molecule has 0 aliphatic heterocycles. The molecular formula is C21H29BrN2O2. The Kier molecular flexibility index (Phi) is 9.81. The van der Waals surface area contributed by atoms with Crippen LogP contribution in [0.5, 0.6) is 5.75 Å². The van der Waals surface area contributed by atoms with E-state index in [1.807, 2.05) is 69.1 Å². The van der Waals surface area contributed by atoms with E-state index >= 15 is 0 Å². The van der Waals surface area contributed by atoms with E-state index in [0.29, 0.717) is 6.61 Å². The zero-order chi connectivity index (χ0) is 19.5. The smallest absolute Gasteiger partial charge is 0.129 e. The van der Waals surface area contributed by atoms with E-state index in [0.717, 1.165) is 33.8 Å². The van der Waals surface area contributed by atoms with E-state index in [9.17, 15) is 0 Å². The minimum Gasteiger partial charge on any atom is -0.491 e. The SMILES string of the molecule is C=C(C)C(=C\C(Br)=C(/C)OC(C)COc1ccccc1)/N=C/N(C)CC. The fraction of sp³-hybridized carbons (Fsp3) is 0.381. The number of benzene rings is 1. The molecule has 0 amide bonds.